The van der Waals surface area contributed by atoms with E-state index in [1.807, 2.05) is 11.8 Å². The zero-order chi connectivity index (χ0) is 37.6. The summed E-state index contributed by atoms with van der Waals surface area (Å²) in [7, 11) is 0. The quantitative estimate of drug-likeness (QED) is 0.164. The summed E-state index contributed by atoms with van der Waals surface area (Å²) in [5.74, 6) is 1.81. The van der Waals surface area contributed by atoms with Gasteiger partial charge in [0.2, 0.25) is 0 Å². The number of fused-ring (bicyclic) bond motifs is 12. The predicted molar refractivity (Wildman–Crippen MR) is 236 cm³/mol. The summed E-state index contributed by atoms with van der Waals surface area (Å²) < 4.78 is 13.7. The fourth-order valence-electron chi connectivity index (χ4n) is 10.1. The number of para-hydroxylation sites is 4. The summed E-state index contributed by atoms with van der Waals surface area (Å²) in [6.45, 7) is 4.52. The molecule has 4 aliphatic rings. The monoisotopic (exact) mass is 748 g/mol. The molecule has 0 atom stereocenters. The van der Waals surface area contributed by atoms with Crippen LogP contribution in [0.15, 0.2) is 178 Å². The van der Waals surface area contributed by atoms with Crippen LogP contribution >= 0.6 is 11.8 Å². The first kappa shape index (κ1) is 31.6. The first-order chi connectivity index (χ1) is 28.0. The van der Waals surface area contributed by atoms with Gasteiger partial charge in [0, 0.05) is 71.9 Å². The molecule has 0 saturated carbocycles. The van der Waals surface area contributed by atoms with E-state index < -0.39 is 0 Å². The standard InChI is InChI=1S/C51H33BN2O2S/c1-51(2)35-16-7-10-20-42(35)56-43-28-39-34(27-36(43)51)48-47-33-15-6-9-19-41(33)55-44(47)29-40-49(48)52(54(39)32-25-23-31(24-26-32)30-13-4-3-5-14-30)37-17-12-22-46-50(37)53(40)38-18-8-11-21-45(38)57-46/h3-29H,1-2H3. The Kier molecular flexibility index (Phi) is 6.23. The normalized spacial score (nSPS) is 14.9. The topological polar surface area (TPSA) is 28.9 Å². The van der Waals surface area contributed by atoms with E-state index in [1.54, 1.807) is 0 Å². The molecule has 4 aliphatic heterocycles. The van der Waals surface area contributed by atoms with Gasteiger partial charge in [-0.2, -0.15) is 0 Å². The molecule has 4 nitrogen and oxygen atoms in total. The Hall–Kier alpha value is -6.63. The Morgan fingerprint density at radius 2 is 1.33 bits per heavy atom. The highest BCUT2D eigenvalue weighted by Gasteiger charge is 2.49. The molecule has 5 heterocycles. The highest BCUT2D eigenvalue weighted by atomic mass is 32.2. The average molecular weight is 749 g/mol. The fourth-order valence-corrected chi connectivity index (χ4v) is 11.2. The minimum absolute atomic E-state index is 0.137. The van der Waals surface area contributed by atoms with E-state index in [4.69, 9.17) is 9.15 Å². The van der Waals surface area contributed by atoms with Gasteiger partial charge in [-0.1, -0.05) is 129 Å². The van der Waals surface area contributed by atoms with Gasteiger partial charge < -0.3 is 18.9 Å². The Morgan fingerprint density at radius 1 is 0.579 bits per heavy atom. The zero-order valence-corrected chi connectivity index (χ0v) is 32.1. The molecule has 0 spiro atoms. The highest BCUT2D eigenvalue weighted by Crippen LogP contribution is 2.58. The molecule has 0 amide bonds. The van der Waals surface area contributed by atoms with Crippen molar-refractivity contribution in [3.8, 4) is 33.8 Å². The summed E-state index contributed by atoms with van der Waals surface area (Å²) in [5, 5.41) is 2.28. The van der Waals surface area contributed by atoms with E-state index in [2.05, 4.69) is 187 Å². The molecule has 57 heavy (non-hydrogen) atoms. The number of furan rings is 1. The lowest BCUT2D eigenvalue weighted by molar-refractivity contribution is 0.418. The van der Waals surface area contributed by atoms with Gasteiger partial charge in [0.05, 0.1) is 11.4 Å². The molecule has 0 N–H and O–H groups in total. The number of ether oxygens (including phenoxy) is 1. The Balaban J connectivity index is 1.18. The van der Waals surface area contributed by atoms with E-state index in [0.29, 0.717) is 0 Å². The second-order valence-electron chi connectivity index (χ2n) is 16.0. The van der Waals surface area contributed by atoms with Gasteiger partial charge in [0.15, 0.2) is 0 Å². The maximum atomic E-state index is 6.89. The van der Waals surface area contributed by atoms with Gasteiger partial charge in [0.25, 0.3) is 0 Å². The molecule has 0 fully saturated rings. The molecule has 0 aliphatic carbocycles. The first-order valence-electron chi connectivity index (χ1n) is 19.6. The van der Waals surface area contributed by atoms with Crippen LogP contribution in [0.1, 0.15) is 25.0 Å². The van der Waals surface area contributed by atoms with Crippen LogP contribution in [-0.4, -0.2) is 6.85 Å². The third-order valence-corrected chi connectivity index (χ3v) is 13.8. The molecule has 0 saturated heterocycles. The highest BCUT2D eigenvalue weighted by molar-refractivity contribution is 7.99. The lowest BCUT2D eigenvalue weighted by Gasteiger charge is -2.48. The smallest absolute Gasteiger partial charge is 0.333 e. The zero-order valence-electron chi connectivity index (χ0n) is 31.3. The largest absolute Gasteiger partial charge is 0.457 e. The van der Waals surface area contributed by atoms with Crippen molar-refractivity contribution in [1.29, 1.82) is 0 Å². The maximum Gasteiger partial charge on any atom is 0.333 e. The van der Waals surface area contributed by atoms with Crippen LogP contribution in [0.5, 0.6) is 11.5 Å². The number of hydrogen-bond acceptors (Lipinski definition) is 5. The number of benzene rings is 8. The van der Waals surface area contributed by atoms with E-state index in [0.717, 1.165) is 50.5 Å². The third-order valence-electron chi connectivity index (χ3n) is 12.7. The molecule has 0 radical (unpaired) electrons. The minimum atomic E-state index is -0.296. The maximum absolute atomic E-state index is 6.89. The van der Waals surface area contributed by atoms with E-state index >= 15 is 0 Å². The Morgan fingerprint density at radius 3 is 2.23 bits per heavy atom. The second-order valence-corrected chi connectivity index (χ2v) is 17.1. The van der Waals surface area contributed by atoms with Crippen LogP contribution in [0.25, 0.3) is 44.2 Å². The molecule has 0 bridgehead atoms. The van der Waals surface area contributed by atoms with Gasteiger partial charge >= 0.3 is 6.85 Å². The van der Waals surface area contributed by atoms with Gasteiger partial charge in [-0.3, -0.25) is 0 Å². The van der Waals surface area contributed by atoms with Crippen LogP contribution in [0, 0.1) is 0 Å². The number of hydrogen-bond donors (Lipinski definition) is 0. The van der Waals surface area contributed by atoms with Crippen molar-refractivity contribution in [3.05, 3.63) is 175 Å². The molecule has 8 aromatic carbocycles. The van der Waals surface area contributed by atoms with Crippen LogP contribution in [0.2, 0.25) is 0 Å². The van der Waals surface area contributed by atoms with Crippen molar-refractivity contribution in [3.63, 3.8) is 0 Å². The van der Waals surface area contributed by atoms with Gasteiger partial charge in [0.1, 0.15) is 22.7 Å². The molecule has 268 valence electrons. The SMILES string of the molecule is CC1(C)c2ccccc2Oc2cc3c(cc21)-c1c2c(cc4oc5ccccc5c14)N1c4ccccc4Sc4cccc(c41)B2N3c1ccc(-c2ccccc2)cc1. The van der Waals surface area contributed by atoms with Crippen LogP contribution in [0.3, 0.4) is 0 Å². The average Bonchev–Trinajstić information content (AvgIpc) is 3.63. The summed E-state index contributed by atoms with van der Waals surface area (Å²) in [6.07, 6.45) is 0. The fraction of sp³-hybridized carbons (Fsp3) is 0.0588. The molecule has 13 rings (SSSR count). The van der Waals surface area contributed by atoms with Crippen molar-refractivity contribution in [2.45, 2.75) is 29.1 Å². The van der Waals surface area contributed by atoms with Gasteiger partial charge in [-0.25, -0.2) is 0 Å². The lowest BCUT2D eigenvalue weighted by Crippen LogP contribution is -2.62. The van der Waals surface area contributed by atoms with Crippen molar-refractivity contribution in [2.75, 3.05) is 9.71 Å². The molecule has 0 unspecified atom stereocenters. The number of rotatable bonds is 2. The van der Waals surface area contributed by atoms with Crippen LogP contribution < -0.4 is 25.4 Å². The van der Waals surface area contributed by atoms with Crippen molar-refractivity contribution in [2.24, 2.45) is 0 Å². The Labute approximate surface area is 335 Å². The summed E-state index contributed by atoms with van der Waals surface area (Å²) in [4.78, 5) is 7.59. The van der Waals surface area contributed by atoms with Gasteiger partial charge in [-0.15, -0.1) is 0 Å². The van der Waals surface area contributed by atoms with Crippen molar-refractivity contribution < 1.29 is 9.15 Å². The van der Waals surface area contributed by atoms with E-state index in [1.165, 1.54) is 65.5 Å². The summed E-state index contributed by atoms with van der Waals surface area (Å²) in [6, 6.07) is 59.6. The summed E-state index contributed by atoms with van der Waals surface area (Å²) >= 11 is 1.86. The lowest BCUT2D eigenvalue weighted by atomic mass is 9.43. The van der Waals surface area contributed by atoms with Gasteiger partial charge in [-0.05, 0) is 76.1 Å². The minimum Gasteiger partial charge on any atom is -0.457 e. The molecular formula is C51H33BN2O2S. The first-order valence-corrected chi connectivity index (χ1v) is 20.4. The predicted octanol–water partition coefficient (Wildman–Crippen LogP) is 12.9. The Bertz CT molecular complexity index is 3190. The van der Waals surface area contributed by atoms with Crippen LogP contribution in [-0.2, 0) is 5.41 Å². The van der Waals surface area contributed by atoms with E-state index in [9.17, 15) is 0 Å². The third kappa shape index (κ3) is 4.20. The van der Waals surface area contributed by atoms with Crippen LogP contribution in [0.4, 0.5) is 28.4 Å². The second kappa shape index (κ2) is 11.2. The molecule has 6 heteroatoms. The van der Waals surface area contributed by atoms with Crippen molar-refractivity contribution in [1.82, 2.24) is 0 Å². The summed E-state index contributed by atoms with van der Waals surface area (Å²) in [5.41, 5.74) is 17.1. The van der Waals surface area contributed by atoms with Crippen molar-refractivity contribution >= 4 is 79.9 Å². The number of nitrogens with zero attached hydrogens (tertiary/aromatic N) is 2. The molecule has 1 aromatic heterocycles. The molecule has 9 aromatic rings. The molecular weight excluding hydrogens is 715 g/mol. The van der Waals surface area contributed by atoms with E-state index in [-0.39, 0.29) is 12.3 Å². The number of anilines is 5.